The third-order valence-electron chi connectivity index (χ3n) is 4.32. The quantitative estimate of drug-likeness (QED) is 0.261. The minimum Gasteiger partial charge on any atom is -0.492 e. The maximum absolute atomic E-state index is 5.74. The summed E-state index contributed by atoms with van der Waals surface area (Å²) in [6.45, 7) is 11.1. The first kappa shape index (κ1) is 23.3. The van der Waals surface area contributed by atoms with E-state index in [2.05, 4.69) is 60.6 Å². The van der Waals surface area contributed by atoms with Gasteiger partial charge >= 0.3 is 0 Å². The summed E-state index contributed by atoms with van der Waals surface area (Å²) in [7, 11) is 1.98. The number of aryl methyl sites for hydroxylation is 3. The van der Waals surface area contributed by atoms with E-state index in [0.717, 1.165) is 36.9 Å². The van der Waals surface area contributed by atoms with Gasteiger partial charge < -0.3 is 15.4 Å². The van der Waals surface area contributed by atoms with Gasteiger partial charge in [-0.1, -0.05) is 17.7 Å². The number of aromatic nitrogens is 2. The fourth-order valence-corrected chi connectivity index (χ4v) is 2.77. The largest absolute Gasteiger partial charge is 0.492 e. The van der Waals surface area contributed by atoms with E-state index in [9.17, 15) is 0 Å². The van der Waals surface area contributed by atoms with Crippen molar-refractivity contribution in [2.75, 3.05) is 26.2 Å². The third kappa shape index (κ3) is 7.40. The predicted octanol–water partition coefficient (Wildman–Crippen LogP) is 3.14. The zero-order chi connectivity index (χ0) is 18.9. The van der Waals surface area contributed by atoms with Gasteiger partial charge in [-0.3, -0.25) is 9.67 Å². The molecule has 0 spiro atoms. The molecule has 7 heteroatoms. The number of nitrogens with zero attached hydrogens (tertiary/aromatic N) is 3. The Balaban J connectivity index is 0.00000364. The molecule has 0 radical (unpaired) electrons. The van der Waals surface area contributed by atoms with Gasteiger partial charge in [0.05, 0.1) is 12.2 Å². The molecule has 150 valence electrons. The van der Waals surface area contributed by atoms with Crippen LogP contribution in [0, 0.1) is 20.8 Å². The monoisotopic (exact) mass is 485 g/mol. The summed E-state index contributed by atoms with van der Waals surface area (Å²) < 4.78 is 7.67. The van der Waals surface area contributed by atoms with Crippen molar-refractivity contribution in [1.82, 2.24) is 20.4 Å². The van der Waals surface area contributed by atoms with Crippen molar-refractivity contribution in [3.63, 3.8) is 0 Å². The normalized spacial score (nSPS) is 11.1. The summed E-state index contributed by atoms with van der Waals surface area (Å²) >= 11 is 0. The number of halogens is 1. The van der Waals surface area contributed by atoms with Gasteiger partial charge in [-0.25, -0.2) is 0 Å². The number of rotatable bonds is 8. The highest BCUT2D eigenvalue weighted by Crippen LogP contribution is 2.12. The number of aliphatic imine (C=N–C) groups is 1. The molecule has 0 amide bonds. The van der Waals surface area contributed by atoms with Gasteiger partial charge in [-0.15, -0.1) is 24.0 Å². The van der Waals surface area contributed by atoms with Crippen LogP contribution in [0.3, 0.4) is 0 Å². The second kappa shape index (κ2) is 11.8. The summed E-state index contributed by atoms with van der Waals surface area (Å²) in [6.07, 6.45) is 0.891. The summed E-state index contributed by atoms with van der Waals surface area (Å²) in [5.41, 5.74) is 4.82. The van der Waals surface area contributed by atoms with Crippen LogP contribution in [0.1, 0.15) is 29.4 Å². The SMILES string of the molecule is CCNC(=NCCc1c(C)nn(C)c1C)NCCOc1ccc(C)cc1.I. The van der Waals surface area contributed by atoms with E-state index in [4.69, 9.17) is 4.74 Å². The molecule has 0 aliphatic rings. The lowest BCUT2D eigenvalue weighted by Gasteiger charge is -2.12. The number of guanidine groups is 1. The summed E-state index contributed by atoms with van der Waals surface area (Å²) in [5, 5.41) is 11.0. The lowest BCUT2D eigenvalue weighted by atomic mass is 10.1. The Morgan fingerprint density at radius 3 is 2.44 bits per heavy atom. The Morgan fingerprint density at radius 1 is 1.15 bits per heavy atom. The Morgan fingerprint density at radius 2 is 1.85 bits per heavy atom. The van der Waals surface area contributed by atoms with Crippen molar-refractivity contribution in [2.24, 2.45) is 12.0 Å². The first-order valence-electron chi connectivity index (χ1n) is 9.22. The van der Waals surface area contributed by atoms with Crippen LogP contribution in [-0.4, -0.2) is 42.0 Å². The van der Waals surface area contributed by atoms with E-state index in [1.54, 1.807) is 0 Å². The third-order valence-corrected chi connectivity index (χ3v) is 4.32. The first-order valence-corrected chi connectivity index (χ1v) is 9.22. The maximum Gasteiger partial charge on any atom is 0.191 e. The highest BCUT2D eigenvalue weighted by molar-refractivity contribution is 14.0. The lowest BCUT2D eigenvalue weighted by molar-refractivity contribution is 0.322. The Bertz CT molecular complexity index is 725. The predicted molar refractivity (Wildman–Crippen MR) is 122 cm³/mol. The maximum atomic E-state index is 5.74. The Labute approximate surface area is 179 Å². The number of benzene rings is 1. The van der Waals surface area contributed by atoms with Crippen molar-refractivity contribution in [3.05, 3.63) is 46.8 Å². The highest BCUT2D eigenvalue weighted by atomic mass is 127. The molecule has 27 heavy (non-hydrogen) atoms. The second-order valence-electron chi connectivity index (χ2n) is 6.37. The van der Waals surface area contributed by atoms with Crippen LogP contribution in [0.15, 0.2) is 29.3 Å². The van der Waals surface area contributed by atoms with Crippen molar-refractivity contribution in [1.29, 1.82) is 0 Å². The Kier molecular flexibility index (Phi) is 10.2. The number of hydrogen-bond acceptors (Lipinski definition) is 3. The molecule has 1 aromatic heterocycles. The molecule has 1 heterocycles. The summed E-state index contributed by atoms with van der Waals surface area (Å²) in [6, 6.07) is 8.09. The van der Waals surface area contributed by atoms with Crippen LogP contribution in [-0.2, 0) is 13.5 Å². The molecule has 1 aromatic carbocycles. The molecule has 6 nitrogen and oxygen atoms in total. The lowest BCUT2D eigenvalue weighted by Crippen LogP contribution is -2.39. The van der Waals surface area contributed by atoms with Crippen LogP contribution in [0.25, 0.3) is 0 Å². The van der Waals surface area contributed by atoms with E-state index >= 15 is 0 Å². The van der Waals surface area contributed by atoms with Crippen LogP contribution in [0.2, 0.25) is 0 Å². The van der Waals surface area contributed by atoms with Gasteiger partial charge in [-0.05, 0) is 51.8 Å². The van der Waals surface area contributed by atoms with Crippen LogP contribution < -0.4 is 15.4 Å². The van der Waals surface area contributed by atoms with Crippen molar-refractivity contribution in [3.8, 4) is 5.75 Å². The van der Waals surface area contributed by atoms with E-state index in [0.29, 0.717) is 13.2 Å². The number of ether oxygens (including phenoxy) is 1. The fraction of sp³-hybridized carbons (Fsp3) is 0.500. The molecule has 0 aliphatic carbocycles. The number of nitrogens with one attached hydrogen (secondary N) is 2. The summed E-state index contributed by atoms with van der Waals surface area (Å²) in [5.74, 6) is 1.71. The van der Waals surface area contributed by atoms with E-state index in [-0.39, 0.29) is 24.0 Å². The molecule has 0 saturated heterocycles. The smallest absolute Gasteiger partial charge is 0.191 e. The second-order valence-corrected chi connectivity index (χ2v) is 6.37. The summed E-state index contributed by atoms with van der Waals surface area (Å²) in [4.78, 5) is 4.66. The van der Waals surface area contributed by atoms with Gasteiger partial charge in [-0.2, -0.15) is 5.10 Å². The average Bonchev–Trinajstić information content (AvgIpc) is 2.86. The first-order chi connectivity index (χ1) is 12.5. The molecule has 0 unspecified atom stereocenters. The van der Waals surface area contributed by atoms with E-state index < -0.39 is 0 Å². The molecule has 0 fully saturated rings. The fourth-order valence-electron chi connectivity index (χ4n) is 2.77. The molecule has 2 rings (SSSR count). The Hall–Kier alpha value is -1.77. The van der Waals surface area contributed by atoms with Crippen LogP contribution in [0.4, 0.5) is 0 Å². The van der Waals surface area contributed by atoms with Gasteiger partial charge in [0.2, 0.25) is 0 Å². The molecule has 0 atom stereocenters. The zero-order valence-corrected chi connectivity index (χ0v) is 19.3. The minimum atomic E-state index is 0. The van der Waals surface area contributed by atoms with E-state index in [1.165, 1.54) is 16.8 Å². The molecule has 0 saturated carbocycles. The zero-order valence-electron chi connectivity index (χ0n) is 17.0. The average molecular weight is 485 g/mol. The van der Waals surface area contributed by atoms with Gasteiger partial charge in [0, 0.05) is 25.8 Å². The van der Waals surface area contributed by atoms with Crippen LogP contribution in [0.5, 0.6) is 5.75 Å². The van der Waals surface area contributed by atoms with Gasteiger partial charge in [0.15, 0.2) is 5.96 Å². The molecule has 2 N–H and O–H groups in total. The molecule has 0 bridgehead atoms. The van der Waals surface area contributed by atoms with Gasteiger partial charge in [0.25, 0.3) is 0 Å². The molecule has 2 aromatic rings. The van der Waals surface area contributed by atoms with E-state index in [1.807, 2.05) is 23.9 Å². The van der Waals surface area contributed by atoms with Crippen molar-refractivity contribution < 1.29 is 4.74 Å². The topological polar surface area (TPSA) is 63.5 Å². The van der Waals surface area contributed by atoms with Gasteiger partial charge in [0.1, 0.15) is 12.4 Å². The van der Waals surface area contributed by atoms with Crippen molar-refractivity contribution >= 4 is 29.9 Å². The molecule has 0 aliphatic heterocycles. The highest BCUT2D eigenvalue weighted by Gasteiger charge is 2.08. The van der Waals surface area contributed by atoms with Crippen molar-refractivity contribution in [2.45, 2.75) is 34.1 Å². The standard InChI is InChI=1S/C20H31N5O.HI/c1-6-21-20(22-12-11-19-16(3)24-25(5)17(19)4)23-13-14-26-18-9-7-15(2)8-10-18;/h7-10H,6,11-14H2,1-5H3,(H2,21,22,23);1H. The minimum absolute atomic E-state index is 0. The van der Waals surface area contributed by atoms with Crippen LogP contribution >= 0.6 is 24.0 Å². The molecular weight excluding hydrogens is 453 g/mol. The molecular formula is C20H32IN5O. The number of hydrogen-bond donors (Lipinski definition) is 2.